The molecular formula is C15H20F3NO4S. The number of benzene rings is 1. The summed E-state index contributed by atoms with van der Waals surface area (Å²) < 4.78 is 67.3. The van der Waals surface area contributed by atoms with Gasteiger partial charge >= 0.3 is 21.5 Å². The summed E-state index contributed by atoms with van der Waals surface area (Å²) in [5.41, 5.74) is -5.15. The maximum absolute atomic E-state index is 12.7. The number of hydrogen-bond acceptors (Lipinski definition) is 4. The molecule has 0 saturated heterocycles. The monoisotopic (exact) mass is 367 g/mol. The Morgan fingerprint density at radius 3 is 2.17 bits per heavy atom. The van der Waals surface area contributed by atoms with Gasteiger partial charge in [0.1, 0.15) is 0 Å². The summed E-state index contributed by atoms with van der Waals surface area (Å²) in [4.78, 5) is 12.0. The van der Waals surface area contributed by atoms with Gasteiger partial charge in [0, 0.05) is 5.56 Å². The van der Waals surface area contributed by atoms with Crippen LogP contribution in [0.5, 0.6) is 0 Å². The number of ether oxygens (including phenoxy) is 1. The highest BCUT2D eigenvalue weighted by molar-refractivity contribution is 7.90. The van der Waals surface area contributed by atoms with Crippen LogP contribution in [0.2, 0.25) is 0 Å². The average molecular weight is 367 g/mol. The summed E-state index contributed by atoms with van der Waals surface area (Å²) in [5.74, 6) is -0.835. The van der Waals surface area contributed by atoms with Gasteiger partial charge in [0.25, 0.3) is 0 Å². The molecule has 0 aliphatic rings. The number of hydrogen-bond donors (Lipinski definition) is 1. The van der Waals surface area contributed by atoms with Crippen LogP contribution in [-0.4, -0.2) is 19.9 Å². The Morgan fingerprint density at radius 1 is 1.17 bits per heavy atom. The molecule has 0 spiro atoms. The van der Waals surface area contributed by atoms with E-state index >= 15 is 0 Å². The number of rotatable bonds is 4. The fourth-order valence-electron chi connectivity index (χ4n) is 1.70. The van der Waals surface area contributed by atoms with Crippen LogP contribution in [0, 0.1) is 19.3 Å². The van der Waals surface area contributed by atoms with E-state index in [1.807, 2.05) is 0 Å². The summed E-state index contributed by atoms with van der Waals surface area (Å²) in [5, 5.41) is 0. The number of nitrogens with one attached hydrogen (secondary N) is 1. The van der Waals surface area contributed by atoms with Gasteiger partial charge < -0.3 is 4.74 Å². The summed E-state index contributed by atoms with van der Waals surface area (Å²) in [6.45, 7) is 7.83. The third-order valence-electron chi connectivity index (χ3n) is 3.33. The van der Waals surface area contributed by atoms with Crippen LogP contribution in [0.1, 0.15) is 43.7 Å². The molecule has 136 valence electrons. The lowest BCUT2D eigenvalue weighted by Crippen LogP contribution is -2.41. The molecule has 0 aliphatic heterocycles. The Hall–Kier alpha value is -1.61. The Morgan fingerprint density at radius 2 is 1.71 bits per heavy atom. The van der Waals surface area contributed by atoms with Crippen LogP contribution in [0.25, 0.3) is 0 Å². The summed E-state index contributed by atoms with van der Waals surface area (Å²) in [6.07, 6.45) is -1.77. The molecule has 1 aromatic carbocycles. The Labute approximate surface area is 139 Å². The second kappa shape index (κ2) is 6.72. The number of sulfonamides is 1. The molecule has 0 bridgehead atoms. The average Bonchev–Trinajstić information content (AvgIpc) is 2.38. The molecule has 9 heteroatoms. The first kappa shape index (κ1) is 20.4. The van der Waals surface area contributed by atoms with Crippen molar-refractivity contribution in [3.63, 3.8) is 0 Å². The van der Waals surface area contributed by atoms with Crippen molar-refractivity contribution in [2.24, 2.45) is 5.41 Å². The number of halogens is 3. The van der Waals surface area contributed by atoms with Gasteiger partial charge in [0.2, 0.25) is 0 Å². The van der Waals surface area contributed by atoms with Crippen molar-refractivity contribution in [2.75, 3.05) is 0 Å². The number of aryl methyl sites for hydroxylation is 1. The van der Waals surface area contributed by atoms with Crippen LogP contribution in [0.3, 0.4) is 0 Å². The lowest BCUT2D eigenvalue weighted by atomic mass is 9.97. The van der Waals surface area contributed by atoms with Crippen molar-refractivity contribution in [3.05, 3.63) is 34.9 Å². The van der Waals surface area contributed by atoms with Gasteiger partial charge in [0.05, 0.1) is 5.41 Å². The molecule has 0 saturated carbocycles. The third-order valence-corrected chi connectivity index (χ3v) is 4.47. The maximum atomic E-state index is 12.7. The first-order valence-electron chi connectivity index (χ1n) is 7.02. The van der Waals surface area contributed by atoms with Gasteiger partial charge in [-0.2, -0.15) is 17.9 Å². The second-order valence-electron chi connectivity index (χ2n) is 6.39. The molecule has 0 heterocycles. The highest BCUT2D eigenvalue weighted by Gasteiger charge is 2.48. The molecular weight excluding hydrogens is 347 g/mol. The fraction of sp³-hybridized carbons (Fsp3) is 0.533. The van der Waals surface area contributed by atoms with E-state index in [2.05, 4.69) is 0 Å². The van der Waals surface area contributed by atoms with Gasteiger partial charge in [0.15, 0.2) is 6.23 Å². The van der Waals surface area contributed by atoms with E-state index in [1.165, 1.54) is 37.6 Å². The molecule has 0 aliphatic carbocycles. The predicted molar refractivity (Wildman–Crippen MR) is 82.3 cm³/mol. The maximum Gasteiger partial charge on any atom is 0.511 e. The molecule has 1 atom stereocenters. The lowest BCUT2D eigenvalue weighted by molar-refractivity contribution is -0.160. The van der Waals surface area contributed by atoms with E-state index < -0.39 is 33.1 Å². The quantitative estimate of drug-likeness (QED) is 0.654. The van der Waals surface area contributed by atoms with Crippen molar-refractivity contribution in [1.29, 1.82) is 0 Å². The molecule has 0 aromatic heterocycles. The highest BCUT2D eigenvalue weighted by atomic mass is 32.2. The summed E-state index contributed by atoms with van der Waals surface area (Å²) in [6, 6.07) is 4.65. The summed E-state index contributed by atoms with van der Waals surface area (Å²) >= 11 is 0. The number of carbonyl (C=O) groups is 1. The SMILES string of the molecule is Cc1cccc(C(NS(=O)(=O)C(F)(F)F)OC(=O)C(C)(C)C)c1C. The van der Waals surface area contributed by atoms with E-state index in [4.69, 9.17) is 4.74 Å². The zero-order valence-corrected chi connectivity index (χ0v) is 14.8. The number of carbonyl (C=O) groups excluding carboxylic acids is 1. The van der Waals surface area contributed by atoms with Crippen molar-refractivity contribution in [2.45, 2.75) is 46.4 Å². The van der Waals surface area contributed by atoms with Crippen LogP contribution < -0.4 is 4.72 Å². The predicted octanol–water partition coefficient (Wildman–Crippen LogP) is 3.33. The first-order chi connectivity index (χ1) is 10.7. The van der Waals surface area contributed by atoms with E-state index in [1.54, 1.807) is 19.9 Å². The fourth-order valence-corrected chi connectivity index (χ4v) is 2.29. The van der Waals surface area contributed by atoms with Gasteiger partial charge in [-0.3, -0.25) is 4.79 Å². The van der Waals surface area contributed by atoms with E-state index in [9.17, 15) is 26.4 Å². The second-order valence-corrected chi connectivity index (χ2v) is 8.10. The van der Waals surface area contributed by atoms with E-state index in [0.29, 0.717) is 5.56 Å². The zero-order valence-electron chi connectivity index (χ0n) is 14.0. The minimum atomic E-state index is -5.69. The van der Waals surface area contributed by atoms with Gasteiger partial charge in [-0.05, 0) is 45.7 Å². The molecule has 5 nitrogen and oxygen atoms in total. The van der Waals surface area contributed by atoms with Crippen LogP contribution in [0.4, 0.5) is 13.2 Å². The standard InChI is InChI=1S/C15H20F3NO4S/c1-9-7-6-8-11(10(9)2)12(23-13(20)14(3,4)5)19-24(21,22)15(16,17)18/h6-8,12,19H,1-5H3. The van der Waals surface area contributed by atoms with Crippen molar-refractivity contribution in [3.8, 4) is 0 Å². The number of esters is 1. The molecule has 24 heavy (non-hydrogen) atoms. The van der Waals surface area contributed by atoms with Gasteiger partial charge in [-0.1, -0.05) is 18.2 Å². The van der Waals surface area contributed by atoms with E-state index in [0.717, 1.165) is 5.56 Å². The smallest absolute Gasteiger partial charge is 0.441 e. The highest BCUT2D eigenvalue weighted by Crippen LogP contribution is 2.29. The lowest BCUT2D eigenvalue weighted by Gasteiger charge is -2.26. The molecule has 0 amide bonds. The molecule has 1 aromatic rings. The molecule has 1 rings (SSSR count). The topological polar surface area (TPSA) is 72.5 Å². The van der Waals surface area contributed by atoms with Crippen LogP contribution >= 0.6 is 0 Å². The molecule has 1 unspecified atom stereocenters. The zero-order chi connectivity index (χ0) is 18.9. The molecule has 0 fully saturated rings. The van der Waals surface area contributed by atoms with Gasteiger partial charge in [-0.15, -0.1) is 0 Å². The normalized spacial score (nSPS) is 14.3. The molecule has 1 N–H and O–H groups in total. The van der Waals surface area contributed by atoms with Crippen molar-refractivity contribution in [1.82, 2.24) is 4.72 Å². The van der Waals surface area contributed by atoms with Gasteiger partial charge in [-0.25, -0.2) is 8.42 Å². The Kier molecular flexibility index (Phi) is 5.72. The Balaban J connectivity index is 3.33. The third kappa shape index (κ3) is 4.70. The van der Waals surface area contributed by atoms with Crippen molar-refractivity contribution < 1.29 is 31.1 Å². The molecule has 0 radical (unpaired) electrons. The minimum Gasteiger partial charge on any atom is -0.441 e. The van der Waals surface area contributed by atoms with E-state index in [-0.39, 0.29) is 5.56 Å². The number of alkyl halides is 3. The Bertz CT molecular complexity index is 721. The van der Waals surface area contributed by atoms with Crippen LogP contribution in [-0.2, 0) is 19.6 Å². The summed E-state index contributed by atoms with van der Waals surface area (Å²) in [7, 11) is -5.69. The minimum absolute atomic E-state index is 0.139. The van der Waals surface area contributed by atoms with Crippen LogP contribution in [0.15, 0.2) is 18.2 Å². The van der Waals surface area contributed by atoms with Crippen molar-refractivity contribution >= 4 is 16.0 Å². The largest absolute Gasteiger partial charge is 0.511 e. The first-order valence-corrected chi connectivity index (χ1v) is 8.51.